The Morgan fingerprint density at radius 3 is 2.80 bits per heavy atom. The van der Waals surface area contributed by atoms with Crippen LogP contribution in [-0.4, -0.2) is 31.1 Å². The summed E-state index contributed by atoms with van der Waals surface area (Å²) in [7, 11) is 1.66. The molecule has 4 heteroatoms. The van der Waals surface area contributed by atoms with E-state index in [1.807, 2.05) is 24.3 Å². The summed E-state index contributed by atoms with van der Waals surface area (Å²) in [6, 6.07) is 7.85. The molecule has 0 aliphatic rings. The lowest BCUT2D eigenvalue weighted by molar-refractivity contribution is 0.322. The summed E-state index contributed by atoms with van der Waals surface area (Å²) in [4.78, 5) is 0. The molecule has 1 aromatic rings. The molecule has 1 atom stereocenters. The van der Waals surface area contributed by atoms with Crippen molar-refractivity contribution in [2.75, 3.05) is 26.0 Å². The lowest BCUT2D eigenvalue weighted by atomic mass is 10.1. The number of benzene rings is 1. The van der Waals surface area contributed by atoms with Gasteiger partial charge in [0.25, 0.3) is 0 Å². The molecule has 0 heterocycles. The third kappa shape index (κ3) is 3.41. The predicted molar refractivity (Wildman–Crippen MR) is 64.3 cm³/mol. The quantitative estimate of drug-likeness (QED) is 0.771. The van der Waals surface area contributed by atoms with Gasteiger partial charge < -0.3 is 15.6 Å². The average molecular weight is 227 g/mol. The van der Waals surface area contributed by atoms with Gasteiger partial charge in [-0.25, -0.2) is 0 Å². The number of aliphatic hydroxyl groups is 1. The maximum absolute atomic E-state index is 8.79. The predicted octanol–water partition coefficient (Wildman–Crippen LogP) is 1.42. The van der Waals surface area contributed by atoms with E-state index < -0.39 is 0 Å². The number of thioether (sulfide) groups is 1. The van der Waals surface area contributed by atoms with Crippen molar-refractivity contribution >= 4 is 11.8 Å². The first kappa shape index (κ1) is 12.4. The molecular formula is C11H17NO2S. The second-order valence-corrected chi connectivity index (χ2v) is 4.37. The van der Waals surface area contributed by atoms with E-state index in [9.17, 15) is 0 Å². The molecule has 0 saturated carbocycles. The SMILES string of the molecule is COc1ccccc1C(CN)SCCO. The molecule has 0 saturated heterocycles. The Bertz CT molecular complexity index is 294. The summed E-state index contributed by atoms with van der Waals surface area (Å²) in [5.74, 6) is 1.55. The first-order valence-electron chi connectivity index (χ1n) is 4.89. The van der Waals surface area contributed by atoms with Crippen molar-refractivity contribution in [1.82, 2.24) is 0 Å². The Labute approximate surface area is 94.6 Å². The number of rotatable bonds is 6. The molecule has 1 rings (SSSR count). The highest BCUT2D eigenvalue weighted by molar-refractivity contribution is 7.99. The van der Waals surface area contributed by atoms with Gasteiger partial charge in [0.2, 0.25) is 0 Å². The van der Waals surface area contributed by atoms with E-state index in [1.165, 1.54) is 0 Å². The Morgan fingerprint density at radius 1 is 1.47 bits per heavy atom. The summed E-state index contributed by atoms with van der Waals surface area (Å²) in [6.07, 6.45) is 0. The van der Waals surface area contributed by atoms with E-state index in [1.54, 1.807) is 18.9 Å². The third-order valence-electron chi connectivity index (χ3n) is 2.11. The first-order valence-corrected chi connectivity index (χ1v) is 5.93. The molecule has 0 aromatic heterocycles. The molecule has 1 aromatic carbocycles. The van der Waals surface area contributed by atoms with Crippen molar-refractivity contribution in [3.8, 4) is 5.75 Å². The van der Waals surface area contributed by atoms with E-state index in [2.05, 4.69) is 0 Å². The van der Waals surface area contributed by atoms with Crippen LogP contribution < -0.4 is 10.5 Å². The van der Waals surface area contributed by atoms with Gasteiger partial charge >= 0.3 is 0 Å². The Balaban J connectivity index is 2.80. The Kier molecular flexibility index (Phi) is 5.53. The lowest BCUT2D eigenvalue weighted by Crippen LogP contribution is -2.11. The summed E-state index contributed by atoms with van der Waals surface area (Å²) in [5, 5.41) is 8.98. The number of ether oxygens (including phenoxy) is 1. The first-order chi connectivity index (χ1) is 7.33. The van der Waals surface area contributed by atoms with Crippen LogP contribution in [0.5, 0.6) is 5.75 Å². The van der Waals surface area contributed by atoms with E-state index in [4.69, 9.17) is 15.6 Å². The van der Waals surface area contributed by atoms with Crippen molar-refractivity contribution in [3.05, 3.63) is 29.8 Å². The van der Waals surface area contributed by atoms with Crippen LogP contribution in [0.1, 0.15) is 10.8 Å². The highest BCUT2D eigenvalue weighted by atomic mass is 32.2. The number of hydrogen-bond acceptors (Lipinski definition) is 4. The smallest absolute Gasteiger partial charge is 0.123 e. The van der Waals surface area contributed by atoms with Crippen LogP contribution in [-0.2, 0) is 0 Å². The van der Waals surface area contributed by atoms with Gasteiger partial charge in [-0.2, -0.15) is 0 Å². The van der Waals surface area contributed by atoms with Crippen LogP contribution >= 0.6 is 11.8 Å². The van der Waals surface area contributed by atoms with Crippen LogP contribution in [0.3, 0.4) is 0 Å². The van der Waals surface area contributed by atoms with Gasteiger partial charge in [0.05, 0.1) is 13.7 Å². The molecule has 3 nitrogen and oxygen atoms in total. The largest absolute Gasteiger partial charge is 0.496 e. The fourth-order valence-electron chi connectivity index (χ4n) is 1.41. The van der Waals surface area contributed by atoms with Crippen LogP contribution in [0.15, 0.2) is 24.3 Å². The Morgan fingerprint density at radius 2 is 2.20 bits per heavy atom. The average Bonchev–Trinajstić information content (AvgIpc) is 2.30. The molecule has 0 aliphatic heterocycles. The molecule has 15 heavy (non-hydrogen) atoms. The zero-order valence-corrected chi connectivity index (χ0v) is 9.67. The summed E-state index contributed by atoms with van der Waals surface area (Å²) in [6.45, 7) is 0.724. The van der Waals surface area contributed by atoms with Crippen LogP contribution in [0.2, 0.25) is 0 Å². The normalized spacial score (nSPS) is 12.5. The molecule has 0 bridgehead atoms. The lowest BCUT2D eigenvalue weighted by Gasteiger charge is -2.17. The monoisotopic (exact) mass is 227 g/mol. The van der Waals surface area contributed by atoms with Crippen molar-refractivity contribution in [2.45, 2.75) is 5.25 Å². The minimum Gasteiger partial charge on any atom is -0.496 e. The number of hydrogen-bond donors (Lipinski definition) is 2. The van der Waals surface area contributed by atoms with Gasteiger partial charge in [-0.1, -0.05) is 18.2 Å². The van der Waals surface area contributed by atoms with Crippen LogP contribution in [0, 0.1) is 0 Å². The van der Waals surface area contributed by atoms with E-state index >= 15 is 0 Å². The molecule has 0 aliphatic carbocycles. The second-order valence-electron chi connectivity index (χ2n) is 3.06. The molecule has 0 radical (unpaired) electrons. The number of aliphatic hydroxyl groups excluding tert-OH is 1. The van der Waals surface area contributed by atoms with Crippen molar-refractivity contribution in [2.24, 2.45) is 5.73 Å². The highest BCUT2D eigenvalue weighted by Crippen LogP contribution is 2.33. The summed E-state index contributed by atoms with van der Waals surface area (Å²) < 4.78 is 5.28. The number of nitrogens with two attached hydrogens (primary N) is 1. The molecule has 84 valence electrons. The van der Waals surface area contributed by atoms with Crippen molar-refractivity contribution in [3.63, 3.8) is 0 Å². The second kappa shape index (κ2) is 6.71. The maximum Gasteiger partial charge on any atom is 0.123 e. The maximum atomic E-state index is 8.79. The topological polar surface area (TPSA) is 55.5 Å². The minimum absolute atomic E-state index is 0.177. The highest BCUT2D eigenvalue weighted by Gasteiger charge is 2.13. The van der Waals surface area contributed by atoms with Crippen LogP contribution in [0.4, 0.5) is 0 Å². The fraction of sp³-hybridized carbons (Fsp3) is 0.455. The third-order valence-corrected chi connectivity index (χ3v) is 3.38. The summed E-state index contributed by atoms with van der Waals surface area (Å²) in [5.41, 5.74) is 6.81. The molecule has 1 unspecified atom stereocenters. The molecule has 0 spiro atoms. The molecule has 0 amide bonds. The van der Waals surface area contributed by atoms with Gasteiger partial charge in [0.15, 0.2) is 0 Å². The van der Waals surface area contributed by atoms with E-state index in [-0.39, 0.29) is 11.9 Å². The van der Waals surface area contributed by atoms with Gasteiger partial charge in [-0.15, -0.1) is 11.8 Å². The molecule has 0 fully saturated rings. The fourth-order valence-corrected chi connectivity index (χ4v) is 2.31. The van der Waals surface area contributed by atoms with Gasteiger partial charge in [-0.3, -0.25) is 0 Å². The standard InChI is InChI=1S/C11H17NO2S/c1-14-10-5-3-2-4-9(10)11(8-12)15-7-6-13/h2-5,11,13H,6-8,12H2,1H3. The van der Waals surface area contributed by atoms with Crippen molar-refractivity contribution in [1.29, 1.82) is 0 Å². The van der Waals surface area contributed by atoms with Gasteiger partial charge in [-0.05, 0) is 6.07 Å². The van der Waals surface area contributed by atoms with Gasteiger partial charge in [0.1, 0.15) is 5.75 Å². The number of para-hydroxylation sites is 1. The van der Waals surface area contributed by atoms with Crippen LogP contribution in [0.25, 0.3) is 0 Å². The van der Waals surface area contributed by atoms with E-state index in [0.717, 1.165) is 11.3 Å². The van der Waals surface area contributed by atoms with Crippen molar-refractivity contribution < 1.29 is 9.84 Å². The zero-order valence-electron chi connectivity index (χ0n) is 8.85. The summed E-state index contributed by atoms with van der Waals surface area (Å²) >= 11 is 1.65. The Hall–Kier alpha value is -0.710. The van der Waals surface area contributed by atoms with Gasteiger partial charge in [0, 0.05) is 23.1 Å². The zero-order chi connectivity index (χ0) is 11.1. The minimum atomic E-state index is 0.177. The molecule has 3 N–H and O–H groups in total. The molecular weight excluding hydrogens is 210 g/mol. The number of methoxy groups -OCH3 is 1. The van der Waals surface area contributed by atoms with E-state index in [0.29, 0.717) is 12.3 Å².